The van der Waals surface area contributed by atoms with Crippen LogP contribution < -0.4 is 19.5 Å². The van der Waals surface area contributed by atoms with Gasteiger partial charge in [-0.1, -0.05) is 57.2 Å². The monoisotopic (exact) mass is 419 g/mol. The zero-order valence-electron chi connectivity index (χ0n) is 18.8. The van der Waals surface area contributed by atoms with Gasteiger partial charge in [0.05, 0.1) is 0 Å². The Kier molecular flexibility index (Phi) is 8.22. The van der Waals surface area contributed by atoms with Crippen LogP contribution in [0.2, 0.25) is 0 Å². The van der Waals surface area contributed by atoms with E-state index in [4.69, 9.17) is 14.2 Å². The first-order valence-electron chi connectivity index (χ1n) is 10.9. The second kappa shape index (κ2) is 11.3. The quantitative estimate of drug-likeness (QED) is 0.349. The summed E-state index contributed by atoms with van der Waals surface area (Å²) in [5.41, 5.74) is 2.54. The van der Waals surface area contributed by atoms with E-state index in [0.29, 0.717) is 26.4 Å². The van der Waals surface area contributed by atoms with Gasteiger partial charge in [-0.2, -0.15) is 0 Å². The fraction of sp³-hybridized carbons (Fsp3) is 0.333. The molecule has 0 bridgehead atoms. The fourth-order valence-corrected chi connectivity index (χ4v) is 3.10. The molecule has 0 radical (unpaired) electrons. The number of ether oxygens (including phenoxy) is 3. The summed E-state index contributed by atoms with van der Waals surface area (Å²) in [7, 11) is 0. The highest BCUT2D eigenvalue weighted by Crippen LogP contribution is 2.28. The number of anilines is 1. The SMILES string of the molecule is CCC(C)(C)c1ccc(OCCNc2cccc(OCCOc3ccccc3)c2)cc1. The van der Waals surface area contributed by atoms with E-state index in [1.807, 2.05) is 54.6 Å². The van der Waals surface area contributed by atoms with Gasteiger partial charge in [0.1, 0.15) is 37.1 Å². The van der Waals surface area contributed by atoms with Gasteiger partial charge in [-0.25, -0.2) is 0 Å². The van der Waals surface area contributed by atoms with Crippen molar-refractivity contribution in [2.45, 2.75) is 32.6 Å². The second-order valence-electron chi connectivity index (χ2n) is 8.07. The highest BCUT2D eigenvalue weighted by atomic mass is 16.5. The summed E-state index contributed by atoms with van der Waals surface area (Å²) in [4.78, 5) is 0. The van der Waals surface area contributed by atoms with Crippen LogP contribution in [0.3, 0.4) is 0 Å². The fourth-order valence-electron chi connectivity index (χ4n) is 3.10. The van der Waals surface area contributed by atoms with Crippen LogP contribution in [0.25, 0.3) is 0 Å². The Morgan fingerprint density at radius 3 is 2.00 bits per heavy atom. The molecule has 31 heavy (non-hydrogen) atoms. The van der Waals surface area contributed by atoms with Crippen LogP contribution in [0.1, 0.15) is 32.8 Å². The van der Waals surface area contributed by atoms with Crippen molar-refractivity contribution in [2.24, 2.45) is 0 Å². The van der Waals surface area contributed by atoms with Gasteiger partial charge in [0, 0.05) is 18.3 Å². The molecule has 0 amide bonds. The molecule has 0 unspecified atom stereocenters. The Bertz CT molecular complexity index is 907. The van der Waals surface area contributed by atoms with Crippen molar-refractivity contribution in [2.75, 3.05) is 31.7 Å². The van der Waals surface area contributed by atoms with Gasteiger partial charge in [0.25, 0.3) is 0 Å². The maximum absolute atomic E-state index is 5.87. The predicted octanol–water partition coefficient (Wildman–Crippen LogP) is 6.32. The minimum atomic E-state index is 0.195. The molecule has 0 atom stereocenters. The van der Waals surface area contributed by atoms with Crippen molar-refractivity contribution in [3.63, 3.8) is 0 Å². The first kappa shape index (κ1) is 22.5. The lowest BCUT2D eigenvalue weighted by Crippen LogP contribution is -2.15. The molecule has 164 valence electrons. The highest BCUT2D eigenvalue weighted by molar-refractivity contribution is 5.48. The van der Waals surface area contributed by atoms with E-state index in [9.17, 15) is 0 Å². The zero-order chi connectivity index (χ0) is 21.9. The maximum Gasteiger partial charge on any atom is 0.122 e. The van der Waals surface area contributed by atoms with Gasteiger partial charge < -0.3 is 19.5 Å². The van der Waals surface area contributed by atoms with Crippen LogP contribution >= 0.6 is 0 Å². The highest BCUT2D eigenvalue weighted by Gasteiger charge is 2.17. The summed E-state index contributed by atoms with van der Waals surface area (Å²) in [5.74, 6) is 2.56. The number of para-hydroxylation sites is 1. The molecule has 0 aliphatic carbocycles. The van der Waals surface area contributed by atoms with Crippen molar-refractivity contribution in [1.82, 2.24) is 0 Å². The van der Waals surface area contributed by atoms with E-state index in [1.54, 1.807) is 0 Å². The smallest absolute Gasteiger partial charge is 0.122 e. The molecule has 0 aliphatic rings. The van der Waals surface area contributed by atoms with E-state index in [0.717, 1.165) is 29.4 Å². The minimum absolute atomic E-state index is 0.195. The lowest BCUT2D eigenvalue weighted by molar-refractivity contribution is 0.217. The topological polar surface area (TPSA) is 39.7 Å². The summed E-state index contributed by atoms with van der Waals surface area (Å²) >= 11 is 0. The van der Waals surface area contributed by atoms with Crippen LogP contribution in [-0.2, 0) is 5.41 Å². The van der Waals surface area contributed by atoms with Gasteiger partial charge in [0.15, 0.2) is 0 Å². The second-order valence-corrected chi connectivity index (χ2v) is 8.07. The van der Waals surface area contributed by atoms with Crippen molar-refractivity contribution in [3.05, 3.63) is 84.4 Å². The Hall–Kier alpha value is -3.14. The molecule has 3 aromatic rings. The number of rotatable bonds is 12. The molecule has 0 spiro atoms. The first-order valence-corrected chi connectivity index (χ1v) is 10.9. The normalized spacial score (nSPS) is 11.1. The molecular formula is C27H33NO3. The molecule has 3 rings (SSSR count). The van der Waals surface area contributed by atoms with Crippen molar-refractivity contribution >= 4 is 5.69 Å². The Morgan fingerprint density at radius 2 is 1.29 bits per heavy atom. The van der Waals surface area contributed by atoms with Gasteiger partial charge >= 0.3 is 0 Å². The van der Waals surface area contributed by atoms with Crippen LogP contribution in [0.4, 0.5) is 5.69 Å². The largest absolute Gasteiger partial charge is 0.492 e. The Balaban J connectivity index is 1.37. The predicted molar refractivity (Wildman–Crippen MR) is 128 cm³/mol. The standard InChI is InChI=1S/C27H33NO3/c1-4-27(2,3)22-13-15-25(16-14-22)29-18-17-28-23-9-8-12-26(21-23)31-20-19-30-24-10-6-5-7-11-24/h5-16,21,28H,4,17-20H2,1-3H3. The third kappa shape index (κ3) is 7.25. The summed E-state index contributed by atoms with van der Waals surface area (Å²) in [6.45, 7) is 9.04. The molecule has 4 nitrogen and oxygen atoms in total. The number of nitrogens with one attached hydrogen (secondary N) is 1. The van der Waals surface area contributed by atoms with Crippen molar-refractivity contribution in [1.29, 1.82) is 0 Å². The van der Waals surface area contributed by atoms with E-state index in [-0.39, 0.29) is 5.41 Å². The van der Waals surface area contributed by atoms with Crippen molar-refractivity contribution < 1.29 is 14.2 Å². The molecule has 0 aromatic heterocycles. The molecule has 4 heteroatoms. The van der Waals surface area contributed by atoms with E-state index in [1.165, 1.54) is 5.56 Å². The van der Waals surface area contributed by atoms with Crippen molar-refractivity contribution in [3.8, 4) is 17.2 Å². The van der Waals surface area contributed by atoms with Crippen LogP contribution in [0.15, 0.2) is 78.9 Å². The molecular weight excluding hydrogens is 386 g/mol. The summed E-state index contributed by atoms with van der Waals surface area (Å²) < 4.78 is 17.3. The van der Waals surface area contributed by atoms with E-state index < -0.39 is 0 Å². The summed E-state index contributed by atoms with van der Waals surface area (Å²) in [6.07, 6.45) is 1.11. The molecule has 0 aliphatic heterocycles. The molecule has 3 aromatic carbocycles. The Morgan fingerprint density at radius 1 is 0.677 bits per heavy atom. The van der Waals surface area contributed by atoms with Gasteiger partial charge in [-0.15, -0.1) is 0 Å². The van der Waals surface area contributed by atoms with Gasteiger partial charge in [-0.05, 0) is 53.8 Å². The lowest BCUT2D eigenvalue weighted by atomic mass is 9.82. The van der Waals surface area contributed by atoms with Crippen LogP contribution in [-0.4, -0.2) is 26.4 Å². The third-order valence-electron chi connectivity index (χ3n) is 5.42. The molecule has 0 heterocycles. The van der Waals surface area contributed by atoms with Crippen LogP contribution in [0, 0.1) is 0 Å². The maximum atomic E-state index is 5.87. The zero-order valence-corrected chi connectivity index (χ0v) is 18.8. The number of hydrogen-bond donors (Lipinski definition) is 1. The molecule has 1 N–H and O–H groups in total. The average Bonchev–Trinajstić information content (AvgIpc) is 2.81. The summed E-state index contributed by atoms with van der Waals surface area (Å²) in [6, 6.07) is 26.1. The average molecular weight is 420 g/mol. The molecule has 0 fully saturated rings. The van der Waals surface area contributed by atoms with Gasteiger partial charge in [0.2, 0.25) is 0 Å². The molecule has 0 saturated carbocycles. The van der Waals surface area contributed by atoms with Gasteiger partial charge in [-0.3, -0.25) is 0 Å². The lowest BCUT2D eigenvalue weighted by Gasteiger charge is -2.23. The Labute approximate surface area is 186 Å². The van der Waals surface area contributed by atoms with E-state index >= 15 is 0 Å². The number of benzene rings is 3. The van der Waals surface area contributed by atoms with Crippen LogP contribution in [0.5, 0.6) is 17.2 Å². The minimum Gasteiger partial charge on any atom is -0.492 e. The first-order chi connectivity index (χ1) is 15.1. The summed E-state index contributed by atoms with van der Waals surface area (Å²) in [5, 5.41) is 3.38. The molecule has 0 saturated heterocycles. The third-order valence-corrected chi connectivity index (χ3v) is 5.42. The van der Waals surface area contributed by atoms with E-state index in [2.05, 4.69) is 50.4 Å². The number of hydrogen-bond acceptors (Lipinski definition) is 4.